The molecular weight excluding hydrogens is 220 g/mol. The zero-order chi connectivity index (χ0) is 11.4. The third-order valence-corrected chi connectivity index (χ3v) is 3.06. The molecule has 0 rings (SSSR count). The Hall–Kier alpha value is -0.200. The molecular formula is C8H18N2O2S2. The Morgan fingerprint density at radius 2 is 1.93 bits per heavy atom. The highest BCUT2D eigenvalue weighted by molar-refractivity contribution is 7.89. The number of sulfonamides is 1. The summed E-state index contributed by atoms with van der Waals surface area (Å²) in [6.45, 7) is 6.03. The second-order valence-electron chi connectivity index (χ2n) is 4.42. The lowest BCUT2D eigenvalue weighted by molar-refractivity contribution is 0.396. The fourth-order valence-electron chi connectivity index (χ4n) is 0.694. The summed E-state index contributed by atoms with van der Waals surface area (Å²) in [6, 6.07) is 0. The van der Waals surface area contributed by atoms with E-state index >= 15 is 0 Å². The van der Waals surface area contributed by atoms with Gasteiger partial charge in [-0.05, 0) is 11.8 Å². The zero-order valence-corrected chi connectivity index (χ0v) is 10.5. The van der Waals surface area contributed by atoms with E-state index in [1.54, 1.807) is 0 Å². The molecule has 84 valence electrons. The van der Waals surface area contributed by atoms with Gasteiger partial charge in [-0.25, -0.2) is 13.1 Å². The zero-order valence-electron chi connectivity index (χ0n) is 8.83. The predicted octanol–water partition coefficient (Wildman–Crippen LogP) is 0.628. The van der Waals surface area contributed by atoms with Crippen LogP contribution >= 0.6 is 12.2 Å². The molecule has 0 heterocycles. The molecule has 0 spiro atoms. The molecule has 0 saturated heterocycles. The van der Waals surface area contributed by atoms with Crippen molar-refractivity contribution in [2.24, 2.45) is 11.1 Å². The summed E-state index contributed by atoms with van der Waals surface area (Å²) >= 11 is 4.57. The first kappa shape index (κ1) is 13.8. The maximum absolute atomic E-state index is 11.4. The Morgan fingerprint density at radius 3 is 2.29 bits per heavy atom. The molecule has 14 heavy (non-hydrogen) atoms. The smallest absolute Gasteiger partial charge is 0.211 e. The normalized spacial score (nSPS) is 12.8. The lowest BCUT2D eigenvalue weighted by Gasteiger charge is -2.17. The van der Waals surface area contributed by atoms with E-state index in [9.17, 15) is 8.42 Å². The van der Waals surface area contributed by atoms with Gasteiger partial charge in [-0.3, -0.25) is 0 Å². The fourth-order valence-corrected chi connectivity index (χ4v) is 2.26. The number of nitrogens with one attached hydrogen (secondary N) is 1. The van der Waals surface area contributed by atoms with Crippen molar-refractivity contribution in [3.05, 3.63) is 0 Å². The average Bonchev–Trinajstić information content (AvgIpc) is 1.97. The van der Waals surface area contributed by atoms with E-state index in [1.807, 2.05) is 20.8 Å². The monoisotopic (exact) mass is 238 g/mol. The second kappa shape index (κ2) is 5.04. The lowest BCUT2D eigenvalue weighted by Crippen LogP contribution is -2.34. The predicted molar refractivity (Wildman–Crippen MR) is 62.6 cm³/mol. The first-order valence-electron chi connectivity index (χ1n) is 4.38. The Kier molecular flexibility index (Phi) is 4.97. The van der Waals surface area contributed by atoms with Crippen LogP contribution in [0.4, 0.5) is 0 Å². The van der Waals surface area contributed by atoms with Crippen molar-refractivity contribution in [1.29, 1.82) is 0 Å². The van der Waals surface area contributed by atoms with Crippen LogP contribution in [0.2, 0.25) is 0 Å². The van der Waals surface area contributed by atoms with Gasteiger partial charge in [0, 0.05) is 0 Å². The van der Waals surface area contributed by atoms with Gasteiger partial charge in [-0.2, -0.15) is 0 Å². The number of rotatable bonds is 5. The molecule has 0 aliphatic rings. The maximum Gasteiger partial charge on any atom is 0.211 e. The van der Waals surface area contributed by atoms with Crippen LogP contribution in [0.15, 0.2) is 0 Å². The summed E-state index contributed by atoms with van der Waals surface area (Å²) in [5, 5.41) is 0. The first-order valence-corrected chi connectivity index (χ1v) is 6.44. The molecule has 3 N–H and O–H groups in total. The first-order chi connectivity index (χ1) is 6.12. The lowest BCUT2D eigenvalue weighted by atomic mass is 9.94. The second-order valence-corrected chi connectivity index (χ2v) is 6.87. The van der Waals surface area contributed by atoms with Crippen LogP contribution in [0, 0.1) is 5.41 Å². The van der Waals surface area contributed by atoms with Crippen molar-refractivity contribution in [2.45, 2.75) is 27.2 Å². The number of nitrogens with two attached hydrogens (primary N) is 1. The molecule has 0 amide bonds. The molecule has 4 nitrogen and oxygen atoms in total. The van der Waals surface area contributed by atoms with Crippen molar-refractivity contribution >= 4 is 27.2 Å². The van der Waals surface area contributed by atoms with Crippen LogP contribution in [0.5, 0.6) is 0 Å². The molecule has 0 aromatic rings. The largest absolute Gasteiger partial charge is 0.392 e. The van der Waals surface area contributed by atoms with E-state index in [0.717, 1.165) is 0 Å². The maximum atomic E-state index is 11.4. The third-order valence-electron chi connectivity index (χ3n) is 1.59. The van der Waals surface area contributed by atoms with Gasteiger partial charge in [0.25, 0.3) is 0 Å². The Balaban J connectivity index is 4.03. The van der Waals surface area contributed by atoms with Crippen molar-refractivity contribution in [3.63, 3.8) is 0 Å². The van der Waals surface area contributed by atoms with Gasteiger partial charge >= 0.3 is 0 Å². The highest BCUT2D eigenvalue weighted by Gasteiger charge is 2.16. The van der Waals surface area contributed by atoms with Gasteiger partial charge in [-0.1, -0.05) is 33.0 Å². The van der Waals surface area contributed by atoms with Gasteiger partial charge < -0.3 is 5.73 Å². The number of thiocarbonyl (C=S) groups is 1. The van der Waals surface area contributed by atoms with E-state index < -0.39 is 10.0 Å². The van der Waals surface area contributed by atoms with Gasteiger partial charge in [0.15, 0.2) is 0 Å². The summed E-state index contributed by atoms with van der Waals surface area (Å²) in [7, 11) is -3.23. The molecule has 0 atom stereocenters. The Labute approximate surface area is 91.3 Å². The standard InChI is InChI=1S/C8H18N2O2S2/c1-8(2,3)4-5-14(11,12)10-6-7(9)13/h10H,4-6H2,1-3H3,(H2,9,13). The SMILES string of the molecule is CC(C)(C)CCS(=O)(=O)NCC(N)=S. The van der Waals surface area contributed by atoms with Crippen molar-refractivity contribution < 1.29 is 8.42 Å². The number of hydrogen-bond acceptors (Lipinski definition) is 3. The van der Waals surface area contributed by atoms with E-state index in [2.05, 4.69) is 16.9 Å². The van der Waals surface area contributed by atoms with Crippen LogP contribution in [0.3, 0.4) is 0 Å². The van der Waals surface area contributed by atoms with Gasteiger partial charge in [0.05, 0.1) is 17.3 Å². The highest BCUT2D eigenvalue weighted by atomic mass is 32.2. The summed E-state index contributed by atoms with van der Waals surface area (Å²) in [5.41, 5.74) is 5.20. The van der Waals surface area contributed by atoms with Gasteiger partial charge in [-0.15, -0.1) is 0 Å². The minimum absolute atomic E-state index is 0.0119. The molecule has 0 aliphatic heterocycles. The molecule has 0 aliphatic carbocycles. The molecule has 0 unspecified atom stereocenters. The number of hydrogen-bond donors (Lipinski definition) is 2. The van der Waals surface area contributed by atoms with Crippen LogP contribution in [-0.4, -0.2) is 25.7 Å². The van der Waals surface area contributed by atoms with Crippen molar-refractivity contribution in [1.82, 2.24) is 4.72 Å². The highest BCUT2D eigenvalue weighted by Crippen LogP contribution is 2.18. The van der Waals surface area contributed by atoms with Crippen molar-refractivity contribution in [2.75, 3.05) is 12.3 Å². The summed E-state index contributed by atoms with van der Waals surface area (Å²) < 4.78 is 25.0. The summed E-state index contributed by atoms with van der Waals surface area (Å²) in [4.78, 5) is 0.157. The Bertz CT molecular complexity index is 291. The molecule has 0 saturated carbocycles. The molecule has 0 aromatic heterocycles. The molecule has 0 aromatic carbocycles. The molecule has 0 bridgehead atoms. The van der Waals surface area contributed by atoms with E-state index in [4.69, 9.17) is 5.73 Å². The van der Waals surface area contributed by atoms with Crippen LogP contribution in [-0.2, 0) is 10.0 Å². The third kappa shape index (κ3) is 8.40. The van der Waals surface area contributed by atoms with Crippen LogP contribution in [0.25, 0.3) is 0 Å². The minimum Gasteiger partial charge on any atom is -0.392 e. The molecule has 6 heteroatoms. The molecule has 0 fully saturated rings. The summed E-state index contributed by atoms with van der Waals surface area (Å²) in [5.74, 6) is 0.110. The van der Waals surface area contributed by atoms with Gasteiger partial charge in [0.2, 0.25) is 10.0 Å². The fraction of sp³-hybridized carbons (Fsp3) is 0.875. The van der Waals surface area contributed by atoms with E-state index in [0.29, 0.717) is 6.42 Å². The van der Waals surface area contributed by atoms with Crippen LogP contribution in [0.1, 0.15) is 27.2 Å². The summed E-state index contributed by atoms with van der Waals surface area (Å²) in [6.07, 6.45) is 0.611. The average molecular weight is 238 g/mol. The van der Waals surface area contributed by atoms with Crippen LogP contribution < -0.4 is 10.5 Å². The molecule has 0 radical (unpaired) electrons. The van der Waals surface area contributed by atoms with Crippen molar-refractivity contribution in [3.8, 4) is 0 Å². The quantitative estimate of drug-likeness (QED) is 0.689. The minimum atomic E-state index is -3.23. The van der Waals surface area contributed by atoms with E-state index in [1.165, 1.54) is 0 Å². The Morgan fingerprint density at radius 1 is 1.43 bits per heavy atom. The topological polar surface area (TPSA) is 72.2 Å². The van der Waals surface area contributed by atoms with Gasteiger partial charge in [0.1, 0.15) is 0 Å². The van der Waals surface area contributed by atoms with E-state index in [-0.39, 0.29) is 22.7 Å².